The molecule has 20 unspecified atom stereocenters. The van der Waals surface area contributed by atoms with Gasteiger partial charge in [0.2, 0.25) is 0 Å². The van der Waals surface area contributed by atoms with E-state index in [1.165, 1.54) is 14.0 Å². The summed E-state index contributed by atoms with van der Waals surface area (Å²) in [6, 6.07) is 0. The highest BCUT2D eigenvalue weighted by molar-refractivity contribution is 4.97. The van der Waals surface area contributed by atoms with E-state index in [4.69, 9.17) is 37.9 Å². The number of aliphatic hydroxyl groups is 12. The van der Waals surface area contributed by atoms with E-state index >= 15 is 0 Å². The first kappa shape index (κ1) is 38.0. The Morgan fingerprint density at radius 1 is 0.457 bits per heavy atom. The number of methoxy groups -OCH3 is 1. The van der Waals surface area contributed by atoms with Crippen molar-refractivity contribution >= 4 is 0 Å². The summed E-state index contributed by atoms with van der Waals surface area (Å²) >= 11 is 0. The summed E-state index contributed by atoms with van der Waals surface area (Å²) < 4.78 is 43.9. The van der Waals surface area contributed by atoms with Gasteiger partial charge >= 0.3 is 0 Å². The van der Waals surface area contributed by atoms with Crippen LogP contribution in [0.2, 0.25) is 0 Å². The Bertz CT molecular complexity index is 914. The van der Waals surface area contributed by atoms with Crippen molar-refractivity contribution in [3.05, 3.63) is 0 Å². The Morgan fingerprint density at radius 3 is 1.46 bits per heavy atom. The van der Waals surface area contributed by atoms with Gasteiger partial charge in [0.15, 0.2) is 25.2 Å². The third-order valence-corrected chi connectivity index (χ3v) is 8.78. The molecule has 20 heteroatoms. The molecule has 4 saturated heterocycles. The number of hydrogen-bond acceptors (Lipinski definition) is 20. The van der Waals surface area contributed by atoms with Gasteiger partial charge < -0.3 is 99.2 Å². The average molecular weight is 679 g/mol. The maximum atomic E-state index is 11.3. The Labute approximate surface area is 262 Å². The van der Waals surface area contributed by atoms with Crippen molar-refractivity contribution in [2.24, 2.45) is 5.92 Å². The van der Waals surface area contributed by atoms with Crippen molar-refractivity contribution in [1.29, 1.82) is 0 Å². The normalized spacial score (nSPS) is 52.0. The molecule has 0 radical (unpaired) electrons. The van der Waals surface area contributed by atoms with Crippen molar-refractivity contribution in [3.63, 3.8) is 0 Å². The standard InChI is InChI=1S/C26H46O20/c1-7-12(30)8(3-27)43-25(13(7)31)45-22-16(34)11(6-40-24-18(36)17(35)14(32)9(4-28)42-24)44-26(20(22)38)46-21-15(33)10(5-29)41-23(39-2)19(21)37/h7-38H,3-6H2,1-2H3. The van der Waals surface area contributed by atoms with E-state index in [0.29, 0.717) is 0 Å². The molecular formula is C26H46O20. The summed E-state index contributed by atoms with van der Waals surface area (Å²) in [7, 11) is 1.18. The summed E-state index contributed by atoms with van der Waals surface area (Å²) in [5.41, 5.74) is 0. The number of aliphatic hydroxyl groups excluding tert-OH is 12. The molecule has 4 rings (SSSR count). The quantitative estimate of drug-likeness (QED) is 0.0965. The van der Waals surface area contributed by atoms with Crippen LogP contribution in [0.25, 0.3) is 0 Å². The molecule has 0 bridgehead atoms. The van der Waals surface area contributed by atoms with Crippen molar-refractivity contribution in [2.45, 2.75) is 124 Å². The smallest absolute Gasteiger partial charge is 0.187 e. The predicted molar refractivity (Wildman–Crippen MR) is 142 cm³/mol. The highest BCUT2D eigenvalue weighted by Gasteiger charge is 2.54. The average Bonchev–Trinajstić information content (AvgIpc) is 3.05. The second-order valence-corrected chi connectivity index (χ2v) is 11.8. The molecule has 0 aromatic heterocycles. The molecule has 4 aliphatic heterocycles. The highest BCUT2D eigenvalue weighted by Crippen LogP contribution is 2.34. The van der Waals surface area contributed by atoms with Crippen LogP contribution in [0.1, 0.15) is 6.92 Å². The zero-order chi connectivity index (χ0) is 34.0. The van der Waals surface area contributed by atoms with Crippen LogP contribution in [0.3, 0.4) is 0 Å². The van der Waals surface area contributed by atoms with Gasteiger partial charge in [-0.3, -0.25) is 0 Å². The largest absolute Gasteiger partial charge is 0.394 e. The van der Waals surface area contributed by atoms with Crippen LogP contribution in [0, 0.1) is 5.92 Å². The first-order valence-corrected chi connectivity index (χ1v) is 14.8. The Balaban J connectivity index is 1.57. The number of hydrogen-bond donors (Lipinski definition) is 12. The monoisotopic (exact) mass is 678 g/mol. The van der Waals surface area contributed by atoms with Crippen LogP contribution in [0.4, 0.5) is 0 Å². The van der Waals surface area contributed by atoms with Crippen LogP contribution < -0.4 is 0 Å². The van der Waals surface area contributed by atoms with Crippen LogP contribution >= 0.6 is 0 Å². The minimum Gasteiger partial charge on any atom is -0.394 e. The first-order chi connectivity index (χ1) is 21.8. The molecule has 270 valence electrons. The summed E-state index contributed by atoms with van der Waals surface area (Å²) in [5, 5.41) is 124. The van der Waals surface area contributed by atoms with E-state index in [1.807, 2.05) is 0 Å². The van der Waals surface area contributed by atoms with Gasteiger partial charge in [0.05, 0.1) is 32.5 Å². The van der Waals surface area contributed by atoms with Gasteiger partial charge in [-0.05, 0) is 0 Å². The lowest BCUT2D eigenvalue weighted by molar-refractivity contribution is -0.382. The molecule has 20 atom stereocenters. The lowest BCUT2D eigenvalue weighted by atomic mass is 9.90. The molecule has 4 fully saturated rings. The van der Waals surface area contributed by atoms with E-state index < -0.39 is 149 Å². The minimum atomic E-state index is -1.94. The van der Waals surface area contributed by atoms with Crippen LogP contribution in [-0.2, 0) is 37.9 Å². The second-order valence-electron chi connectivity index (χ2n) is 11.8. The SMILES string of the molecule is COC1OC(CO)C(O)C(OC2OC(COC3OC(CO)C(O)C(O)C3O)C(O)C(OC3OC(CO)C(O)C(C)C3O)C2O)C1O. The fraction of sp³-hybridized carbons (Fsp3) is 1.00. The molecule has 4 aliphatic rings. The molecule has 0 spiro atoms. The maximum Gasteiger partial charge on any atom is 0.187 e. The third-order valence-electron chi connectivity index (χ3n) is 8.78. The number of ether oxygens (including phenoxy) is 8. The van der Waals surface area contributed by atoms with E-state index in [9.17, 15) is 61.3 Å². The lowest BCUT2D eigenvalue weighted by Gasteiger charge is -2.48. The van der Waals surface area contributed by atoms with Gasteiger partial charge in [0.1, 0.15) is 85.5 Å². The van der Waals surface area contributed by atoms with Gasteiger partial charge in [-0.2, -0.15) is 0 Å². The second kappa shape index (κ2) is 16.3. The summed E-state index contributed by atoms with van der Waals surface area (Å²) in [6.45, 7) is -1.35. The molecule has 20 nitrogen and oxygen atoms in total. The molecule has 12 N–H and O–H groups in total. The minimum absolute atomic E-state index is 0.662. The Kier molecular flexibility index (Phi) is 13.4. The molecule has 0 aromatic carbocycles. The van der Waals surface area contributed by atoms with Gasteiger partial charge in [-0.15, -0.1) is 0 Å². The summed E-state index contributed by atoms with van der Waals surface area (Å²) in [5.74, 6) is -0.892. The molecule has 0 aliphatic carbocycles. The van der Waals surface area contributed by atoms with Crippen LogP contribution in [0.5, 0.6) is 0 Å². The maximum absolute atomic E-state index is 11.3. The molecule has 0 aromatic rings. The summed E-state index contributed by atoms with van der Waals surface area (Å²) in [4.78, 5) is 0. The van der Waals surface area contributed by atoms with Crippen molar-refractivity contribution < 1.29 is 99.2 Å². The van der Waals surface area contributed by atoms with E-state index in [1.54, 1.807) is 0 Å². The first-order valence-electron chi connectivity index (χ1n) is 14.8. The van der Waals surface area contributed by atoms with E-state index in [0.717, 1.165) is 0 Å². The Hall–Kier alpha value is -0.800. The van der Waals surface area contributed by atoms with Crippen LogP contribution in [0.15, 0.2) is 0 Å². The van der Waals surface area contributed by atoms with Crippen molar-refractivity contribution in [1.82, 2.24) is 0 Å². The van der Waals surface area contributed by atoms with Gasteiger partial charge in [0.25, 0.3) is 0 Å². The fourth-order valence-electron chi connectivity index (χ4n) is 5.81. The van der Waals surface area contributed by atoms with Crippen molar-refractivity contribution in [2.75, 3.05) is 33.5 Å². The topological polar surface area (TPSA) is 317 Å². The van der Waals surface area contributed by atoms with E-state index in [2.05, 4.69) is 0 Å². The van der Waals surface area contributed by atoms with E-state index in [-0.39, 0.29) is 0 Å². The third kappa shape index (κ3) is 7.66. The molecule has 46 heavy (non-hydrogen) atoms. The molecular weight excluding hydrogens is 632 g/mol. The zero-order valence-electron chi connectivity index (χ0n) is 25.0. The lowest BCUT2D eigenvalue weighted by Crippen LogP contribution is -2.66. The summed E-state index contributed by atoms with van der Waals surface area (Å²) in [6.07, 6.45) is -30.5. The number of rotatable bonds is 11. The molecule has 4 heterocycles. The van der Waals surface area contributed by atoms with Gasteiger partial charge in [-0.1, -0.05) is 6.92 Å². The Morgan fingerprint density at radius 2 is 0.891 bits per heavy atom. The van der Waals surface area contributed by atoms with Gasteiger partial charge in [-0.25, -0.2) is 0 Å². The highest BCUT2D eigenvalue weighted by atomic mass is 16.8. The fourth-order valence-corrected chi connectivity index (χ4v) is 5.81. The molecule has 0 saturated carbocycles. The van der Waals surface area contributed by atoms with Gasteiger partial charge in [0, 0.05) is 13.0 Å². The van der Waals surface area contributed by atoms with Crippen molar-refractivity contribution in [3.8, 4) is 0 Å². The van der Waals surface area contributed by atoms with Crippen LogP contribution in [-0.4, -0.2) is 212 Å². The predicted octanol–water partition coefficient (Wildman–Crippen LogP) is -7.82. The zero-order valence-corrected chi connectivity index (χ0v) is 25.0. The molecule has 0 amide bonds.